The molecule has 1 amide bonds. The van der Waals surface area contributed by atoms with Gasteiger partial charge in [-0.15, -0.1) is 0 Å². The summed E-state index contributed by atoms with van der Waals surface area (Å²) < 4.78 is 11.6. The van der Waals surface area contributed by atoms with Crippen molar-refractivity contribution in [3.63, 3.8) is 0 Å². The van der Waals surface area contributed by atoms with Gasteiger partial charge in [-0.2, -0.15) is 0 Å². The first-order valence-corrected chi connectivity index (χ1v) is 10.1. The lowest BCUT2D eigenvalue weighted by atomic mass is 9.97. The van der Waals surface area contributed by atoms with Crippen LogP contribution in [0.4, 0.5) is 0 Å². The van der Waals surface area contributed by atoms with Crippen molar-refractivity contribution in [3.8, 4) is 5.75 Å². The Labute approximate surface area is 170 Å². The van der Waals surface area contributed by atoms with Gasteiger partial charge >= 0.3 is 0 Å². The quantitative estimate of drug-likeness (QED) is 0.827. The maximum absolute atomic E-state index is 13.2. The molecular formula is C22H27N3O4. The number of phenols is 1. The monoisotopic (exact) mass is 397 g/mol. The first kappa shape index (κ1) is 19.8. The molecule has 0 spiro atoms. The average Bonchev–Trinajstić information content (AvgIpc) is 2.76. The number of carbonyl (C=O) groups excluding carboxylic acids is 1. The summed E-state index contributed by atoms with van der Waals surface area (Å²) in [6, 6.07) is 10.5. The molecule has 4 rings (SSSR count). The van der Waals surface area contributed by atoms with Crippen molar-refractivity contribution in [2.24, 2.45) is 0 Å². The molecule has 3 heterocycles. The Bertz CT molecular complexity index is 793. The van der Waals surface area contributed by atoms with Crippen LogP contribution in [0, 0.1) is 0 Å². The van der Waals surface area contributed by atoms with Crippen LogP contribution in [0.15, 0.2) is 48.8 Å². The number of phenolic OH excluding ortho intramolecular Hbond substituents is 1. The highest BCUT2D eigenvalue weighted by molar-refractivity contribution is 5.79. The fraction of sp³-hybridized carbons (Fsp3) is 0.455. The molecule has 2 fully saturated rings. The molecule has 2 aliphatic rings. The highest BCUT2D eigenvalue weighted by Crippen LogP contribution is 2.31. The fourth-order valence-corrected chi connectivity index (χ4v) is 4.04. The van der Waals surface area contributed by atoms with Crippen molar-refractivity contribution < 1.29 is 19.4 Å². The zero-order valence-corrected chi connectivity index (χ0v) is 16.4. The number of hydrogen-bond donors (Lipinski definition) is 1. The van der Waals surface area contributed by atoms with Gasteiger partial charge in [-0.05, 0) is 29.3 Å². The average molecular weight is 397 g/mol. The Morgan fingerprint density at radius 2 is 1.90 bits per heavy atom. The molecule has 2 saturated heterocycles. The first-order chi connectivity index (χ1) is 14.2. The van der Waals surface area contributed by atoms with E-state index >= 15 is 0 Å². The Morgan fingerprint density at radius 3 is 2.62 bits per heavy atom. The van der Waals surface area contributed by atoms with Crippen LogP contribution in [-0.2, 0) is 20.7 Å². The molecule has 7 heteroatoms. The van der Waals surface area contributed by atoms with E-state index in [9.17, 15) is 9.90 Å². The number of amides is 1. The molecule has 154 valence electrons. The topological polar surface area (TPSA) is 75.1 Å². The zero-order chi connectivity index (χ0) is 20.1. The number of aromatic hydroxyl groups is 1. The van der Waals surface area contributed by atoms with E-state index in [1.54, 1.807) is 30.5 Å². The number of rotatable bonds is 5. The van der Waals surface area contributed by atoms with E-state index in [-0.39, 0.29) is 23.8 Å². The lowest BCUT2D eigenvalue weighted by Crippen LogP contribution is -2.53. The molecule has 0 saturated carbocycles. The van der Waals surface area contributed by atoms with Crippen molar-refractivity contribution in [3.05, 3.63) is 59.9 Å². The maximum Gasteiger partial charge on any atom is 0.227 e. The molecule has 1 aromatic heterocycles. The highest BCUT2D eigenvalue weighted by Gasteiger charge is 2.37. The summed E-state index contributed by atoms with van der Waals surface area (Å²) in [6.45, 7) is 5.04. The number of morpholine rings is 2. The summed E-state index contributed by atoms with van der Waals surface area (Å²) in [7, 11) is 0. The second-order valence-electron chi connectivity index (χ2n) is 7.48. The van der Waals surface area contributed by atoms with Crippen LogP contribution in [0.25, 0.3) is 0 Å². The van der Waals surface area contributed by atoms with Crippen LogP contribution in [0.5, 0.6) is 5.75 Å². The Morgan fingerprint density at radius 1 is 1.10 bits per heavy atom. The Kier molecular flexibility index (Phi) is 6.39. The van der Waals surface area contributed by atoms with E-state index in [1.807, 2.05) is 23.2 Å². The van der Waals surface area contributed by atoms with Gasteiger partial charge in [-0.1, -0.05) is 18.2 Å². The Hall–Kier alpha value is -2.48. The van der Waals surface area contributed by atoms with Gasteiger partial charge < -0.3 is 19.5 Å². The molecule has 29 heavy (non-hydrogen) atoms. The van der Waals surface area contributed by atoms with Crippen molar-refractivity contribution in [2.75, 3.05) is 46.0 Å². The van der Waals surface area contributed by atoms with E-state index < -0.39 is 0 Å². The van der Waals surface area contributed by atoms with E-state index in [0.29, 0.717) is 19.6 Å². The molecule has 0 radical (unpaired) electrons. The second kappa shape index (κ2) is 9.35. The van der Waals surface area contributed by atoms with Crippen molar-refractivity contribution in [1.82, 2.24) is 14.8 Å². The van der Waals surface area contributed by atoms with Crippen molar-refractivity contribution >= 4 is 5.91 Å². The van der Waals surface area contributed by atoms with Crippen molar-refractivity contribution in [1.29, 1.82) is 0 Å². The Balaban J connectivity index is 1.54. The molecular weight excluding hydrogens is 370 g/mol. The molecule has 0 bridgehead atoms. The fourth-order valence-electron chi connectivity index (χ4n) is 4.04. The largest absolute Gasteiger partial charge is 0.508 e. The van der Waals surface area contributed by atoms with E-state index in [1.165, 1.54) is 0 Å². The number of nitrogens with zero attached hydrogens (tertiary/aromatic N) is 3. The minimum atomic E-state index is -0.176. The molecule has 2 aliphatic heterocycles. The number of carbonyl (C=O) groups is 1. The minimum absolute atomic E-state index is 0.0554. The van der Waals surface area contributed by atoms with E-state index in [2.05, 4.69) is 9.88 Å². The summed E-state index contributed by atoms with van der Waals surface area (Å²) >= 11 is 0. The number of aromatic nitrogens is 1. The van der Waals surface area contributed by atoms with Gasteiger partial charge in [-0.3, -0.25) is 14.7 Å². The summed E-state index contributed by atoms with van der Waals surface area (Å²) in [5, 5.41) is 9.49. The third kappa shape index (κ3) is 4.93. The van der Waals surface area contributed by atoms with Crippen LogP contribution >= 0.6 is 0 Å². The predicted octanol–water partition coefficient (Wildman–Crippen LogP) is 1.63. The van der Waals surface area contributed by atoms with Crippen LogP contribution < -0.4 is 0 Å². The van der Waals surface area contributed by atoms with E-state index in [4.69, 9.17) is 9.47 Å². The summed E-state index contributed by atoms with van der Waals surface area (Å²) in [5.41, 5.74) is 1.87. The van der Waals surface area contributed by atoms with Gasteiger partial charge in [0.05, 0.1) is 38.4 Å². The van der Waals surface area contributed by atoms with Gasteiger partial charge in [0.2, 0.25) is 5.91 Å². The predicted molar refractivity (Wildman–Crippen MR) is 108 cm³/mol. The zero-order valence-electron chi connectivity index (χ0n) is 16.4. The minimum Gasteiger partial charge on any atom is -0.508 e. The first-order valence-electron chi connectivity index (χ1n) is 10.1. The van der Waals surface area contributed by atoms with Crippen molar-refractivity contribution in [2.45, 2.75) is 18.6 Å². The molecule has 1 aromatic carbocycles. The van der Waals surface area contributed by atoms with Crippen LogP contribution in [0.1, 0.15) is 17.2 Å². The summed E-state index contributed by atoms with van der Waals surface area (Å²) in [5.74, 6) is 0.256. The molecule has 0 unspecified atom stereocenters. The number of pyridine rings is 1. The third-order valence-electron chi connectivity index (χ3n) is 5.53. The number of benzene rings is 1. The molecule has 2 atom stereocenters. The van der Waals surface area contributed by atoms with Gasteiger partial charge in [-0.25, -0.2) is 0 Å². The smallest absolute Gasteiger partial charge is 0.227 e. The third-order valence-corrected chi connectivity index (χ3v) is 5.53. The molecule has 7 nitrogen and oxygen atoms in total. The lowest BCUT2D eigenvalue weighted by Gasteiger charge is -2.43. The number of hydrogen-bond acceptors (Lipinski definition) is 6. The molecule has 2 aromatic rings. The normalized spacial score (nSPS) is 23.1. The summed E-state index contributed by atoms with van der Waals surface area (Å²) in [6.07, 6.45) is 3.75. The number of ether oxygens (including phenoxy) is 2. The van der Waals surface area contributed by atoms with Gasteiger partial charge in [0.25, 0.3) is 0 Å². The SMILES string of the molecule is O=C(Cc1ccc(O)cc1)N1CCO[C@@H](CN2CCOCC2)[C@@H]1c1cccnc1. The summed E-state index contributed by atoms with van der Waals surface area (Å²) in [4.78, 5) is 21.8. The second-order valence-corrected chi connectivity index (χ2v) is 7.48. The molecule has 1 N–H and O–H groups in total. The van der Waals surface area contributed by atoms with Crippen LogP contribution in [0.3, 0.4) is 0 Å². The standard InChI is InChI=1S/C22H27N3O4/c26-19-5-3-17(4-6-19)14-21(27)25-10-13-29-20(16-24-8-11-28-12-9-24)22(25)18-2-1-7-23-15-18/h1-7,15,20,22,26H,8-14,16H2/t20-,22-/m0/s1. The lowest BCUT2D eigenvalue weighted by molar-refractivity contribution is -0.148. The van der Waals surface area contributed by atoms with Crippen LogP contribution in [-0.4, -0.2) is 77.9 Å². The molecule has 0 aliphatic carbocycles. The van der Waals surface area contributed by atoms with Gasteiger partial charge in [0, 0.05) is 38.6 Å². The maximum atomic E-state index is 13.2. The van der Waals surface area contributed by atoms with E-state index in [0.717, 1.165) is 44.0 Å². The van der Waals surface area contributed by atoms with Gasteiger partial charge in [0.15, 0.2) is 0 Å². The van der Waals surface area contributed by atoms with Gasteiger partial charge in [0.1, 0.15) is 5.75 Å². The highest BCUT2D eigenvalue weighted by atomic mass is 16.5. The van der Waals surface area contributed by atoms with Crippen LogP contribution in [0.2, 0.25) is 0 Å².